The fourth-order valence-electron chi connectivity index (χ4n) is 1.20. The van der Waals surface area contributed by atoms with Crippen molar-refractivity contribution in [1.82, 2.24) is 0 Å². The van der Waals surface area contributed by atoms with Gasteiger partial charge in [0.05, 0.1) is 12.2 Å². The Hall–Kier alpha value is -1.87. The number of carbonyl (C=O) groups excluding carboxylic acids is 2. The summed E-state index contributed by atoms with van der Waals surface area (Å²) >= 11 is 1.27. The predicted octanol–water partition coefficient (Wildman–Crippen LogP) is 1.74. The monoisotopic (exact) mass is 252 g/mol. The third-order valence-electron chi connectivity index (χ3n) is 2.19. The molecule has 1 heterocycles. The molecule has 0 saturated carbocycles. The van der Waals surface area contributed by atoms with Gasteiger partial charge in [-0.3, -0.25) is 4.79 Å². The van der Waals surface area contributed by atoms with Crippen LogP contribution >= 0.6 is 11.3 Å². The first-order valence-corrected chi connectivity index (χ1v) is 5.81. The SMILES string of the molecule is CCOC(=O)C(=O)Nc1sc(C)c(C)c1C#N. The Bertz CT molecular complexity index is 500. The first-order valence-electron chi connectivity index (χ1n) is 4.99. The summed E-state index contributed by atoms with van der Waals surface area (Å²) in [7, 11) is 0. The van der Waals surface area contributed by atoms with Gasteiger partial charge in [0, 0.05) is 4.88 Å². The second-order valence-corrected chi connectivity index (χ2v) is 4.50. The minimum absolute atomic E-state index is 0.139. The molecular weight excluding hydrogens is 240 g/mol. The number of carbonyl (C=O) groups is 2. The molecule has 0 aliphatic carbocycles. The normalized spacial score (nSPS) is 9.53. The van der Waals surface area contributed by atoms with Crippen molar-refractivity contribution in [3.63, 3.8) is 0 Å². The van der Waals surface area contributed by atoms with Crippen molar-refractivity contribution < 1.29 is 14.3 Å². The molecule has 1 aromatic heterocycles. The second-order valence-electron chi connectivity index (χ2n) is 3.27. The van der Waals surface area contributed by atoms with Crippen LogP contribution in [0.2, 0.25) is 0 Å². The van der Waals surface area contributed by atoms with Gasteiger partial charge in [0.25, 0.3) is 0 Å². The molecule has 5 nitrogen and oxygen atoms in total. The highest BCUT2D eigenvalue weighted by atomic mass is 32.1. The molecule has 1 rings (SSSR count). The molecule has 1 amide bonds. The number of hydrogen-bond donors (Lipinski definition) is 1. The molecule has 0 aliphatic rings. The number of nitrogens with zero attached hydrogens (tertiary/aromatic N) is 1. The Balaban J connectivity index is 2.90. The van der Waals surface area contributed by atoms with Gasteiger partial charge in [0.2, 0.25) is 0 Å². The number of nitriles is 1. The third kappa shape index (κ3) is 2.82. The highest BCUT2D eigenvalue weighted by molar-refractivity contribution is 7.16. The van der Waals surface area contributed by atoms with Crippen LogP contribution in [-0.2, 0) is 14.3 Å². The van der Waals surface area contributed by atoms with Crippen molar-refractivity contribution >= 4 is 28.2 Å². The van der Waals surface area contributed by atoms with E-state index in [-0.39, 0.29) is 6.61 Å². The summed E-state index contributed by atoms with van der Waals surface area (Å²) in [6, 6.07) is 2.00. The number of nitrogens with one attached hydrogen (secondary N) is 1. The molecule has 0 aromatic carbocycles. The van der Waals surface area contributed by atoms with Crippen LogP contribution in [0.15, 0.2) is 0 Å². The maximum absolute atomic E-state index is 11.4. The topological polar surface area (TPSA) is 79.2 Å². The predicted molar refractivity (Wildman–Crippen MR) is 63.8 cm³/mol. The number of rotatable bonds is 2. The molecular formula is C11H12N2O3S. The molecule has 1 aromatic rings. The molecule has 90 valence electrons. The van der Waals surface area contributed by atoms with Crippen molar-refractivity contribution in [2.75, 3.05) is 11.9 Å². The Morgan fingerprint density at radius 3 is 2.65 bits per heavy atom. The van der Waals surface area contributed by atoms with Gasteiger partial charge in [0.15, 0.2) is 0 Å². The second kappa shape index (κ2) is 5.46. The lowest BCUT2D eigenvalue weighted by atomic mass is 10.2. The summed E-state index contributed by atoms with van der Waals surface area (Å²) in [5.41, 5.74) is 1.21. The number of esters is 1. The zero-order valence-electron chi connectivity index (χ0n) is 9.79. The van der Waals surface area contributed by atoms with Gasteiger partial charge >= 0.3 is 11.9 Å². The quantitative estimate of drug-likeness (QED) is 0.642. The maximum atomic E-state index is 11.4. The molecule has 0 unspecified atom stereocenters. The van der Waals surface area contributed by atoms with Crippen LogP contribution in [0.4, 0.5) is 5.00 Å². The number of aryl methyl sites for hydroxylation is 1. The number of hydrogen-bond acceptors (Lipinski definition) is 5. The van der Waals surface area contributed by atoms with Crippen LogP contribution < -0.4 is 5.32 Å². The zero-order valence-corrected chi connectivity index (χ0v) is 10.6. The Labute approximate surface area is 103 Å². The van der Waals surface area contributed by atoms with Gasteiger partial charge in [-0.1, -0.05) is 0 Å². The minimum atomic E-state index is -0.944. The molecule has 0 radical (unpaired) electrons. The number of thiophene rings is 1. The van der Waals surface area contributed by atoms with Crippen molar-refractivity contribution in [3.8, 4) is 6.07 Å². The van der Waals surface area contributed by atoms with Gasteiger partial charge in [-0.25, -0.2) is 4.79 Å². The van der Waals surface area contributed by atoms with E-state index in [0.717, 1.165) is 10.4 Å². The summed E-state index contributed by atoms with van der Waals surface area (Å²) in [6.07, 6.45) is 0. The van der Waals surface area contributed by atoms with E-state index in [1.165, 1.54) is 11.3 Å². The molecule has 1 N–H and O–H groups in total. The van der Waals surface area contributed by atoms with Gasteiger partial charge in [-0.15, -0.1) is 11.3 Å². The van der Waals surface area contributed by atoms with Crippen molar-refractivity contribution in [1.29, 1.82) is 5.26 Å². The van der Waals surface area contributed by atoms with Crippen LogP contribution in [0.3, 0.4) is 0 Å². The van der Waals surface area contributed by atoms with E-state index in [1.54, 1.807) is 13.8 Å². The van der Waals surface area contributed by atoms with Crippen LogP contribution in [0, 0.1) is 25.2 Å². The standard InChI is InChI=1S/C11H12N2O3S/c1-4-16-11(15)9(14)13-10-8(5-12)6(2)7(3)17-10/h4H2,1-3H3,(H,13,14). The first-order chi connectivity index (χ1) is 8.01. The van der Waals surface area contributed by atoms with E-state index in [9.17, 15) is 9.59 Å². The fraction of sp³-hybridized carbons (Fsp3) is 0.364. The lowest BCUT2D eigenvalue weighted by Crippen LogP contribution is -2.24. The lowest BCUT2D eigenvalue weighted by molar-refractivity contribution is -0.152. The highest BCUT2D eigenvalue weighted by Gasteiger charge is 2.19. The molecule has 0 aliphatic heterocycles. The smallest absolute Gasteiger partial charge is 0.397 e. The summed E-state index contributed by atoms with van der Waals surface area (Å²) in [6.45, 7) is 5.40. The molecule has 6 heteroatoms. The summed E-state index contributed by atoms with van der Waals surface area (Å²) in [4.78, 5) is 23.5. The van der Waals surface area contributed by atoms with Crippen LogP contribution in [0.25, 0.3) is 0 Å². The maximum Gasteiger partial charge on any atom is 0.397 e. The van der Waals surface area contributed by atoms with E-state index in [1.807, 2.05) is 13.0 Å². The molecule has 0 atom stereocenters. The molecule has 0 saturated heterocycles. The van der Waals surface area contributed by atoms with E-state index < -0.39 is 11.9 Å². The highest BCUT2D eigenvalue weighted by Crippen LogP contribution is 2.31. The van der Waals surface area contributed by atoms with E-state index >= 15 is 0 Å². The van der Waals surface area contributed by atoms with Crippen molar-refractivity contribution in [2.24, 2.45) is 0 Å². The van der Waals surface area contributed by atoms with Crippen LogP contribution in [-0.4, -0.2) is 18.5 Å². The third-order valence-corrected chi connectivity index (χ3v) is 3.31. The average molecular weight is 252 g/mol. The van der Waals surface area contributed by atoms with Gasteiger partial charge in [-0.05, 0) is 26.3 Å². The zero-order chi connectivity index (χ0) is 13.0. The number of ether oxygens (including phenoxy) is 1. The summed E-state index contributed by atoms with van der Waals surface area (Å²) in [5, 5.41) is 11.7. The van der Waals surface area contributed by atoms with Gasteiger partial charge in [-0.2, -0.15) is 5.26 Å². The minimum Gasteiger partial charge on any atom is -0.459 e. The Morgan fingerprint density at radius 1 is 1.47 bits per heavy atom. The fourth-order valence-corrected chi connectivity index (χ4v) is 2.21. The van der Waals surface area contributed by atoms with Crippen LogP contribution in [0.5, 0.6) is 0 Å². The number of amides is 1. The first kappa shape index (κ1) is 13.2. The van der Waals surface area contributed by atoms with Crippen molar-refractivity contribution in [3.05, 3.63) is 16.0 Å². The molecule has 17 heavy (non-hydrogen) atoms. The average Bonchev–Trinajstić information content (AvgIpc) is 2.54. The van der Waals surface area contributed by atoms with Gasteiger partial charge < -0.3 is 10.1 Å². The molecule has 0 bridgehead atoms. The van der Waals surface area contributed by atoms with Gasteiger partial charge in [0.1, 0.15) is 11.1 Å². The van der Waals surface area contributed by atoms with E-state index in [0.29, 0.717) is 10.6 Å². The van der Waals surface area contributed by atoms with Crippen molar-refractivity contribution in [2.45, 2.75) is 20.8 Å². The Morgan fingerprint density at radius 2 is 2.12 bits per heavy atom. The molecule has 0 spiro atoms. The number of anilines is 1. The van der Waals surface area contributed by atoms with Crippen LogP contribution in [0.1, 0.15) is 22.9 Å². The summed E-state index contributed by atoms with van der Waals surface area (Å²) in [5.74, 6) is -1.80. The van der Waals surface area contributed by atoms with E-state index in [2.05, 4.69) is 10.1 Å². The Kier molecular flexibility index (Phi) is 4.24. The largest absolute Gasteiger partial charge is 0.459 e. The molecule has 0 fully saturated rings. The summed E-state index contributed by atoms with van der Waals surface area (Å²) < 4.78 is 4.56. The lowest BCUT2D eigenvalue weighted by Gasteiger charge is -2.02. The van der Waals surface area contributed by atoms with E-state index in [4.69, 9.17) is 5.26 Å².